The van der Waals surface area contributed by atoms with Crippen molar-refractivity contribution >= 4 is 22.9 Å². The van der Waals surface area contributed by atoms with E-state index in [-0.39, 0.29) is 11.7 Å². The van der Waals surface area contributed by atoms with Gasteiger partial charge in [-0.1, -0.05) is 18.2 Å². The van der Waals surface area contributed by atoms with Crippen LogP contribution in [0, 0.1) is 5.82 Å². The van der Waals surface area contributed by atoms with Gasteiger partial charge in [0.15, 0.2) is 0 Å². The molecule has 4 rings (SSSR count). The number of hydrogen-bond acceptors (Lipinski definition) is 5. The van der Waals surface area contributed by atoms with Crippen molar-refractivity contribution in [2.75, 3.05) is 38.0 Å². The van der Waals surface area contributed by atoms with E-state index in [1.807, 2.05) is 35.7 Å². The monoisotopic (exact) mass is 410 g/mol. The maximum Gasteiger partial charge on any atom is 0.238 e. The van der Waals surface area contributed by atoms with Gasteiger partial charge in [0, 0.05) is 42.8 Å². The largest absolute Gasteiger partial charge is 0.325 e. The minimum atomic E-state index is -0.237. The summed E-state index contributed by atoms with van der Waals surface area (Å²) in [6, 6.07) is 16.0. The van der Waals surface area contributed by atoms with Gasteiger partial charge in [0.05, 0.1) is 18.8 Å². The van der Waals surface area contributed by atoms with Crippen molar-refractivity contribution in [1.82, 2.24) is 14.8 Å². The third kappa shape index (κ3) is 5.47. The zero-order valence-corrected chi connectivity index (χ0v) is 16.9. The predicted octanol–water partition coefficient (Wildman–Crippen LogP) is 3.71. The fourth-order valence-electron chi connectivity index (χ4n) is 3.36. The lowest BCUT2D eigenvalue weighted by molar-refractivity contribution is -0.117. The van der Waals surface area contributed by atoms with Gasteiger partial charge in [0.25, 0.3) is 0 Å². The summed E-state index contributed by atoms with van der Waals surface area (Å²) in [7, 11) is 0. The average molecular weight is 411 g/mol. The van der Waals surface area contributed by atoms with Crippen molar-refractivity contribution in [2.24, 2.45) is 0 Å². The summed E-state index contributed by atoms with van der Waals surface area (Å²) in [5, 5.41) is 6.01. The number of carbonyl (C=O) groups excluding carboxylic acids is 1. The Morgan fingerprint density at radius 1 is 1.00 bits per heavy atom. The SMILES string of the molecule is O=C(CN1CCN(Cc2nc(-c3ccc(F)cc3)cs2)CC1)Nc1ccccc1. The number of anilines is 1. The minimum Gasteiger partial charge on any atom is -0.325 e. The molecule has 2 heterocycles. The molecule has 5 nitrogen and oxygen atoms in total. The van der Waals surface area contributed by atoms with Crippen molar-refractivity contribution in [3.8, 4) is 11.3 Å². The van der Waals surface area contributed by atoms with Crippen LogP contribution in [0.1, 0.15) is 5.01 Å². The van der Waals surface area contributed by atoms with Crippen LogP contribution in [-0.2, 0) is 11.3 Å². The molecule has 0 atom stereocenters. The van der Waals surface area contributed by atoms with Gasteiger partial charge in [-0.3, -0.25) is 14.6 Å². The highest BCUT2D eigenvalue weighted by Gasteiger charge is 2.20. The third-order valence-electron chi connectivity index (χ3n) is 4.94. The Hall–Kier alpha value is -2.61. The molecule has 0 radical (unpaired) electrons. The molecule has 7 heteroatoms. The number of thiazole rings is 1. The number of aromatic nitrogens is 1. The fourth-order valence-corrected chi connectivity index (χ4v) is 4.20. The van der Waals surface area contributed by atoms with Crippen LogP contribution in [0.25, 0.3) is 11.3 Å². The number of rotatable bonds is 6. The molecule has 2 aromatic carbocycles. The molecule has 150 valence electrons. The first-order valence-corrected chi connectivity index (χ1v) is 10.5. The topological polar surface area (TPSA) is 48.5 Å². The molecule has 1 aromatic heterocycles. The number of benzene rings is 2. The van der Waals surface area contributed by atoms with E-state index < -0.39 is 0 Å². The molecule has 0 spiro atoms. The number of para-hydroxylation sites is 1. The van der Waals surface area contributed by atoms with Gasteiger partial charge in [0.2, 0.25) is 5.91 Å². The van der Waals surface area contributed by atoms with Crippen molar-refractivity contribution in [1.29, 1.82) is 0 Å². The molecule has 0 unspecified atom stereocenters. The van der Waals surface area contributed by atoms with Crippen molar-refractivity contribution < 1.29 is 9.18 Å². The van der Waals surface area contributed by atoms with Crippen LogP contribution in [0.15, 0.2) is 60.0 Å². The molecule has 3 aromatic rings. The van der Waals surface area contributed by atoms with Crippen LogP contribution in [0.5, 0.6) is 0 Å². The summed E-state index contributed by atoms with van der Waals surface area (Å²) in [6.45, 7) is 4.75. The Labute approximate surface area is 173 Å². The molecule has 0 aliphatic carbocycles. The number of halogens is 1. The third-order valence-corrected chi connectivity index (χ3v) is 5.77. The van der Waals surface area contributed by atoms with E-state index in [4.69, 9.17) is 4.98 Å². The lowest BCUT2D eigenvalue weighted by atomic mass is 10.2. The summed E-state index contributed by atoms with van der Waals surface area (Å²) >= 11 is 1.63. The summed E-state index contributed by atoms with van der Waals surface area (Å²) in [5.74, 6) is -0.215. The first kappa shape index (κ1) is 19.7. The van der Waals surface area contributed by atoms with Gasteiger partial charge in [-0.2, -0.15) is 0 Å². The van der Waals surface area contributed by atoms with Gasteiger partial charge < -0.3 is 5.32 Å². The Kier molecular flexibility index (Phi) is 6.29. The summed E-state index contributed by atoms with van der Waals surface area (Å²) in [5.41, 5.74) is 2.65. The zero-order chi connectivity index (χ0) is 20.1. The van der Waals surface area contributed by atoms with E-state index in [2.05, 4.69) is 15.1 Å². The van der Waals surface area contributed by atoms with Gasteiger partial charge in [-0.25, -0.2) is 9.37 Å². The molecule has 0 bridgehead atoms. The fraction of sp³-hybridized carbons (Fsp3) is 0.273. The number of hydrogen-bond donors (Lipinski definition) is 1. The number of piperazine rings is 1. The van der Waals surface area contributed by atoms with Crippen LogP contribution in [0.2, 0.25) is 0 Å². The summed E-state index contributed by atoms with van der Waals surface area (Å²) < 4.78 is 13.1. The smallest absolute Gasteiger partial charge is 0.238 e. The van der Waals surface area contributed by atoms with E-state index in [0.717, 1.165) is 54.7 Å². The predicted molar refractivity (Wildman–Crippen MR) is 114 cm³/mol. The Balaban J connectivity index is 1.24. The van der Waals surface area contributed by atoms with E-state index in [1.165, 1.54) is 12.1 Å². The second kappa shape index (κ2) is 9.26. The molecule has 1 N–H and O–H groups in total. The van der Waals surface area contributed by atoms with Crippen LogP contribution < -0.4 is 5.32 Å². The van der Waals surface area contributed by atoms with Gasteiger partial charge in [-0.15, -0.1) is 11.3 Å². The first-order chi connectivity index (χ1) is 14.2. The molecule has 1 aliphatic heterocycles. The molecule has 29 heavy (non-hydrogen) atoms. The van der Waals surface area contributed by atoms with Gasteiger partial charge in [0.1, 0.15) is 10.8 Å². The Morgan fingerprint density at radius 3 is 2.41 bits per heavy atom. The molecular formula is C22H23FN4OS. The lowest BCUT2D eigenvalue weighted by Crippen LogP contribution is -2.48. The first-order valence-electron chi connectivity index (χ1n) is 9.66. The van der Waals surface area contributed by atoms with Crippen LogP contribution >= 0.6 is 11.3 Å². The molecule has 1 fully saturated rings. The van der Waals surface area contributed by atoms with Crippen LogP contribution in [0.3, 0.4) is 0 Å². The van der Waals surface area contributed by atoms with Crippen molar-refractivity contribution in [3.63, 3.8) is 0 Å². The van der Waals surface area contributed by atoms with Gasteiger partial charge in [-0.05, 0) is 36.4 Å². The Bertz CT molecular complexity index is 937. The Morgan fingerprint density at radius 2 is 1.69 bits per heavy atom. The van der Waals surface area contributed by atoms with E-state index >= 15 is 0 Å². The number of amides is 1. The standard InChI is InChI=1S/C22H23FN4OS/c23-18-8-6-17(7-9-18)20-16-29-22(25-20)15-27-12-10-26(11-13-27)14-21(28)24-19-4-2-1-3-5-19/h1-9,16H,10-15H2,(H,24,28). The maximum atomic E-state index is 13.1. The van der Waals surface area contributed by atoms with E-state index in [9.17, 15) is 9.18 Å². The van der Waals surface area contributed by atoms with Crippen molar-refractivity contribution in [2.45, 2.75) is 6.54 Å². The quantitative estimate of drug-likeness (QED) is 0.673. The number of nitrogens with zero attached hydrogens (tertiary/aromatic N) is 3. The normalized spacial score (nSPS) is 15.3. The molecular weight excluding hydrogens is 387 g/mol. The molecule has 1 amide bonds. The molecule has 1 saturated heterocycles. The summed E-state index contributed by atoms with van der Waals surface area (Å²) in [4.78, 5) is 21.4. The molecule has 1 aliphatic rings. The van der Waals surface area contributed by atoms with Crippen molar-refractivity contribution in [3.05, 3.63) is 70.8 Å². The second-order valence-electron chi connectivity index (χ2n) is 7.10. The van der Waals surface area contributed by atoms with E-state index in [1.54, 1.807) is 23.5 Å². The highest BCUT2D eigenvalue weighted by molar-refractivity contribution is 7.09. The summed E-state index contributed by atoms with van der Waals surface area (Å²) in [6.07, 6.45) is 0. The number of carbonyl (C=O) groups is 1. The highest BCUT2D eigenvalue weighted by atomic mass is 32.1. The van der Waals surface area contributed by atoms with Crippen LogP contribution in [0.4, 0.5) is 10.1 Å². The zero-order valence-electron chi connectivity index (χ0n) is 16.1. The second-order valence-corrected chi connectivity index (χ2v) is 8.04. The molecule has 0 saturated carbocycles. The lowest BCUT2D eigenvalue weighted by Gasteiger charge is -2.33. The minimum absolute atomic E-state index is 0.0218. The van der Waals surface area contributed by atoms with E-state index in [0.29, 0.717) is 6.54 Å². The highest BCUT2D eigenvalue weighted by Crippen LogP contribution is 2.23. The van der Waals surface area contributed by atoms with Crippen LogP contribution in [-0.4, -0.2) is 53.4 Å². The maximum absolute atomic E-state index is 13.1. The van der Waals surface area contributed by atoms with Gasteiger partial charge >= 0.3 is 0 Å². The number of nitrogens with one attached hydrogen (secondary N) is 1. The average Bonchev–Trinajstić information content (AvgIpc) is 3.19.